The third-order valence-electron chi connectivity index (χ3n) is 3.26. The Morgan fingerprint density at radius 2 is 1.90 bits per heavy atom. The first-order valence-corrected chi connectivity index (χ1v) is 6.77. The van der Waals surface area contributed by atoms with Gasteiger partial charge in [0.15, 0.2) is 0 Å². The van der Waals surface area contributed by atoms with E-state index >= 15 is 0 Å². The Morgan fingerprint density at radius 3 is 2.50 bits per heavy atom. The van der Waals surface area contributed by atoms with Gasteiger partial charge >= 0.3 is 0 Å². The van der Waals surface area contributed by atoms with Gasteiger partial charge in [-0.2, -0.15) is 0 Å². The SMILES string of the molecule is CC(C)n1cccc1C(=O)N[C@@H](CO)c1ccccc1. The van der Waals surface area contributed by atoms with Crippen LogP contribution < -0.4 is 5.32 Å². The van der Waals surface area contributed by atoms with Gasteiger partial charge in [0, 0.05) is 12.2 Å². The highest BCUT2D eigenvalue weighted by Crippen LogP contribution is 2.15. The van der Waals surface area contributed by atoms with E-state index < -0.39 is 0 Å². The van der Waals surface area contributed by atoms with Crippen molar-refractivity contribution in [1.82, 2.24) is 9.88 Å². The van der Waals surface area contributed by atoms with Gasteiger partial charge in [-0.3, -0.25) is 4.79 Å². The molecule has 1 aromatic heterocycles. The molecule has 0 spiro atoms. The number of amides is 1. The average Bonchev–Trinajstić information content (AvgIpc) is 2.95. The molecular weight excluding hydrogens is 252 g/mol. The van der Waals surface area contributed by atoms with Gasteiger partial charge in [-0.15, -0.1) is 0 Å². The van der Waals surface area contributed by atoms with Gasteiger partial charge in [0.25, 0.3) is 5.91 Å². The maximum atomic E-state index is 12.3. The molecule has 0 saturated heterocycles. The number of hydrogen-bond acceptors (Lipinski definition) is 2. The smallest absolute Gasteiger partial charge is 0.268 e. The van der Waals surface area contributed by atoms with Crippen LogP contribution >= 0.6 is 0 Å². The van der Waals surface area contributed by atoms with E-state index in [1.165, 1.54) is 0 Å². The highest BCUT2D eigenvalue weighted by atomic mass is 16.3. The van der Waals surface area contributed by atoms with Crippen molar-refractivity contribution in [2.75, 3.05) is 6.61 Å². The Kier molecular flexibility index (Phi) is 4.58. The fraction of sp³-hybridized carbons (Fsp3) is 0.312. The van der Waals surface area contributed by atoms with Crippen molar-refractivity contribution >= 4 is 5.91 Å². The summed E-state index contributed by atoms with van der Waals surface area (Å²) < 4.78 is 1.91. The average molecular weight is 272 g/mol. The normalized spacial score (nSPS) is 12.4. The van der Waals surface area contributed by atoms with E-state index in [1.807, 2.05) is 61.0 Å². The predicted molar refractivity (Wildman–Crippen MR) is 78.6 cm³/mol. The van der Waals surface area contributed by atoms with Crippen molar-refractivity contribution < 1.29 is 9.90 Å². The highest BCUT2D eigenvalue weighted by Gasteiger charge is 2.17. The van der Waals surface area contributed by atoms with Crippen molar-refractivity contribution in [3.05, 3.63) is 59.9 Å². The predicted octanol–water partition coefficient (Wildman–Crippen LogP) is 2.53. The molecule has 4 nitrogen and oxygen atoms in total. The minimum Gasteiger partial charge on any atom is -0.394 e. The molecule has 20 heavy (non-hydrogen) atoms. The lowest BCUT2D eigenvalue weighted by Crippen LogP contribution is -2.32. The number of carbonyl (C=O) groups is 1. The Bertz CT molecular complexity index is 561. The molecule has 0 bridgehead atoms. The van der Waals surface area contributed by atoms with Gasteiger partial charge in [0.2, 0.25) is 0 Å². The number of aliphatic hydroxyl groups is 1. The third-order valence-corrected chi connectivity index (χ3v) is 3.26. The van der Waals surface area contributed by atoms with E-state index in [0.717, 1.165) is 5.56 Å². The number of aliphatic hydroxyl groups excluding tert-OH is 1. The molecule has 1 aromatic carbocycles. The van der Waals surface area contributed by atoms with Gasteiger partial charge < -0.3 is 15.0 Å². The number of carbonyl (C=O) groups excluding carboxylic acids is 1. The lowest BCUT2D eigenvalue weighted by atomic mass is 10.1. The third kappa shape index (κ3) is 3.08. The summed E-state index contributed by atoms with van der Waals surface area (Å²) >= 11 is 0. The minimum absolute atomic E-state index is 0.127. The molecule has 0 aliphatic rings. The first kappa shape index (κ1) is 14.3. The monoisotopic (exact) mass is 272 g/mol. The van der Waals surface area contributed by atoms with Crippen LogP contribution in [0.3, 0.4) is 0 Å². The second kappa shape index (κ2) is 6.39. The Labute approximate surface area is 119 Å². The molecule has 4 heteroatoms. The van der Waals surface area contributed by atoms with Crippen LogP contribution in [0.25, 0.3) is 0 Å². The number of benzene rings is 1. The fourth-order valence-corrected chi connectivity index (χ4v) is 2.19. The summed E-state index contributed by atoms with van der Waals surface area (Å²) in [6.45, 7) is 3.92. The molecule has 0 saturated carbocycles. The van der Waals surface area contributed by atoms with Crippen LogP contribution in [0, 0.1) is 0 Å². The van der Waals surface area contributed by atoms with Crippen molar-refractivity contribution in [3.63, 3.8) is 0 Å². The van der Waals surface area contributed by atoms with Crippen LogP contribution in [0.5, 0.6) is 0 Å². The summed E-state index contributed by atoms with van der Waals surface area (Å²) in [5, 5.41) is 12.4. The zero-order chi connectivity index (χ0) is 14.5. The molecule has 2 N–H and O–H groups in total. The number of hydrogen-bond donors (Lipinski definition) is 2. The van der Waals surface area contributed by atoms with Crippen LogP contribution in [-0.2, 0) is 0 Å². The van der Waals surface area contributed by atoms with E-state index in [4.69, 9.17) is 0 Å². The summed E-state index contributed by atoms with van der Waals surface area (Å²) in [6, 6.07) is 12.9. The number of nitrogens with zero attached hydrogens (tertiary/aromatic N) is 1. The molecule has 1 atom stereocenters. The summed E-state index contributed by atoms with van der Waals surface area (Å²) in [7, 11) is 0. The first-order chi connectivity index (χ1) is 9.63. The van der Waals surface area contributed by atoms with E-state index in [2.05, 4.69) is 5.32 Å². The minimum atomic E-state index is -0.390. The fourth-order valence-electron chi connectivity index (χ4n) is 2.19. The Balaban J connectivity index is 2.16. The van der Waals surface area contributed by atoms with E-state index in [9.17, 15) is 9.90 Å². The summed E-state index contributed by atoms with van der Waals surface area (Å²) in [5.41, 5.74) is 1.50. The van der Waals surface area contributed by atoms with Crippen molar-refractivity contribution in [1.29, 1.82) is 0 Å². The molecule has 2 aromatic rings. The molecule has 0 fully saturated rings. The van der Waals surface area contributed by atoms with Crippen LogP contribution in [0.2, 0.25) is 0 Å². The van der Waals surface area contributed by atoms with Crippen molar-refractivity contribution in [2.45, 2.75) is 25.9 Å². The quantitative estimate of drug-likeness (QED) is 0.878. The largest absolute Gasteiger partial charge is 0.394 e. The van der Waals surface area contributed by atoms with Gasteiger partial charge in [-0.05, 0) is 31.5 Å². The molecule has 0 aliphatic heterocycles. The molecule has 106 valence electrons. The Hall–Kier alpha value is -2.07. The second-order valence-electron chi connectivity index (χ2n) is 5.01. The molecular formula is C16H20N2O2. The summed E-state index contributed by atoms with van der Waals surface area (Å²) in [4.78, 5) is 12.3. The lowest BCUT2D eigenvalue weighted by molar-refractivity contribution is 0.0905. The highest BCUT2D eigenvalue weighted by molar-refractivity contribution is 5.93. The number of nitrogens with one attached hydrogen (secondary N) is 1. The number of aromatic nitrogens is 1. The molecule has 0 radical (unpaired) electrons. The molecule has 0 aliphatic carbocycles. The van der Waals surface area contributed by atoms with Crippen molar-refractivity contribution in [3.8, 4) is 0 Å². The second-order valence-corrected chi connectivity index (χ2v) is 5.01. The van der Waals surface area contributed by atoms with E-state index in [1.54, 1.807) is 6.07 Å². The van der Waals surface area contributed by atoms with Crippen molar-refractivity contribution in [2.24, 2.45) is 0 Å². The molecule has 0 unspecified atom stereocenters. The maximum Gasteiger partial charge on any atom is 0.268 e. The summed E-state index contributed by atoms with van der Waals surface area (Å²) in [6.07, 6.45) is 1.88. The van der Waals surface area contributed by atoms with Gasteiger partial charge in [-0.1, -0.05) is 30.3 Å². The van der Waals surface area contributed by atoms with E-state index in [-0.39, 0.29) is 24.6 Å². The first-order valence-electron chi connectivity index (χ1n) is 6.77. The molecule has 1 heterocycles. The molecule has 2 rings (SSSR count). The summed E-state index contributed by atoms with van der Waals surface area (Å²) in [5.74, 6) is -0.174. The lowest BCUT2D eigenvalue weighted by Gasteiger charge is -2.18. The number of rotatable bonds is 5. The Morgan fingerprint density at radius 1 is 1.20 bits per heavy atom. The van der Waals surface area contributed by atoms with Gasteiger partial charge in [0.05, 0.1) is 12.6 Å². The zero-order valence-electron chi connectivity index (χ0n) is 11.8. The van der Waals surface area contributed by atoms with Crippen LogP contribution in [-0.4, -0.2) is 22.2 Å². The topological polar surface area (TPSA) is 54.3 Å². The van der Waals surface area contributed by atoms with Crippen LogP contribution in [0.15, 0.2) is 48.7 Å². The molecule has 1 amide bonds. The van der Waals surface area contributed by atoms with Crippen LogP contribution in [0.1, 0.15) is 42.0 Å². The van der Waals surface area contributed by atoms with Crippen LogP contribution in [0.4, 0.5) is 0 Å². The van der Waals surface area contributed by atoms with E-state index in [0.29, 0.717) is 5.69 Å². The maximum absolute atomic E-state index is 12.3. The van der Waals surface area contributed by atoms with Gasteiger partial charge in [-0.25, -0.2) is 0 Å². The van der Waals surface area contributed by atoms with Gasteiger partial charge in [0.1, 0.15) is 5.69 Å². The zero-order valence-corrected chi connectivity index (χ0v) is 11.8. The standard InChI is InChI=1S/C16H20N2O2/c1-12(2)18-10-6-9-15(18)16(20)17-14(11-19)13-7-4-3-5-8-13/h3-10,12,14,19H,11H2,1-2H3,(H,17,20)/t14-/m0/s1.